The molecule has 0 aliphatic rings. The fourth-order valence-corrected chi connectivity index (χ4v) is 2.93. The monoisotopic (exact) mass is 355 g/mol. The minimum Gasteiger partial charge on any atom is -0.496 e. The van der Waals surface area contributed by atoms with E-state index in [1.54, 1.807) is 13.2 Å². The van der Waals surface area contributed by atoms with Gasteiger partial charge in [0.25, 0.3) is 0 Å². The van der Waals surface area contributed by atoms with E-state index in [2.05, 4.69) is 5.32 Å². The minimum atomic E-state index is -0.940. The number of carboxylic acids is 1. The van der Waals surface area contributed by atoms with Crippen molar-refractivity contribution in [3.8, 4) is 5.75 Å². The van der Waals surface area contributed by atoms with Crippen LogP contribution in [-0.2, 0) is 28.9 Å². The lowest BCUT2D eigenvalue weighted by atomic mass is 9.98. The van der Waals surface area contributed by atoms with Gasteiger partial charge in [-0.2, -0.15) is 0 Å². The van der Waals surface area contributed by atoms with Gasteiger partial charge in [0.1, 0.15) is 5.75 Å². The first-order valence-corrected chi connectivity index (χ1v) is 8.73. The number of carbonyl (C=O) groups is 2. The molecule has 0 spiro atoms. The second-order valence-corrected chi connectivity index (χ2v) is 6.15. The van der Waals surface area contributed by atoms with Gasteiger partial charge in [0.05, 0.1) is 19.4 Å². The smallest absolute Gasteiger partial charge is 0.308 e. The van der Waals surface area contributed by atoms with Crippen molar-refractivity contribution in [3.05, 3.63) is 65.2 Å². The van der Waals surface area contributed by atoms with E-state index < -0.39 is 11.9 Å². The van der Waals surface area contributed by atoms with Crippen LogP contribution in [-0.4, -0.2) is 30.6 Å². The van der Waals surface area contributed by atoms with E-state index in [0.717, 1.165) is 23.1 Å². The predicted octanol–water partition coefficient (Wildman–Crippen LogP) is 2.86. The van der Waals surface area contributed by atoms with Crippen LogP contribution in [0.4, 0.5) is 0 Å². The Bertz CT molecular complexity index is 757. The van der Waals surface area contributed by atoms with Gasteiger partial charge >= 0.3 is 5.97 Å². The quantitative estimate of drug-likeness (QED) is 0.725. The standard InChI is InChI=1S/C21H25NO4/c1-3-15-8-4-5-9-16(15)13-20(23)22-14-18(21(24)25)12-17-10-6-7-11-19(17)26-2/h4-11,18H,3,12-14H2,1-2H3,(H,22,23)(H,24,25). The van der Waals surface area contributed by atoms with E-state index in [-0.39, 0.29) is 18.9 Å². The van der Waals surface area contributed by atoms with E-state index in [1.165, 1.54) is 0 Å². The van der Waals surface area contributed by atoms with Gasteiger partial charge in [-0.25, -0.2) is 0 Å². The maximum atomic E-state index is 12.3. The summed E-state index contributed by atoms with van der Waals surface area (Å²) in [6.45, 7) is 2.13. The van der Waals surface area contributed by atoms with Crippen LogP contribution in [0, 0.1) is 5.92 Å². The molecule has 2 aromatic carbocycles. The van der Waals surface area contributed by atoms with Gasteiger partial charge in [0, 0.05) is 6.54 Å². The molecule has 26 heavy (non-hydrogen) atoms. The molecule has 0 saturated carbocycles. The van der Waals surface area contributed by atoms with Gasteiger partial charge in [-0.05, 0) is 35.6 Å². The molecule has 1 amide bonds. The lowest BCUT2D eigenvalue weighted by Crippen LogP contribution is -2.35. The highest BCUT2D eigenvalue weighted by atomic mass is 16.5. The molecular weight excluding hydrogens is 330 g/mol. The summed E-state index contributed by atoms with van der Waals surface area (Å²) in [4.78, 5) is 23.8. The summed E-state index contributed by atoms with van der Waals surface area (Å²) in [5.41, 5.74) is 2.92. The fourth-order valence-electron chi connectivity index (χ4n) is 2.93. The van der Waals surface area contributed by atoms with E-state index in [1.807, 2.05) is 49.4 Å². The third-order valence-corrected chi connectivity index (χ3v) is 4.40. The van der Waals surface area contributed by atoms with Gasteiger partial charge in [-0.1, -0.05) is 49.4 Å². The zero-order valence-electron chi connectivity index (χ0n) is 15.2. The molecule has 0 aliphatic carbocycles. The van der Waals surface area contributed by atoms with Crippen molar-refractivity contribution < 1.29 is 19.4 Å². The number of methoxy groups -OCH3 is 1. The zero-order chi connectivity index (χ0) is 18.9. The van der Waals surface area contributed by atoms with Crippen molar-refractivity contribution in [2.24, 2.45) is 5.92 Å². The zero-order valence-corrected chi connectivity index (χ0v) is 15.2. The minimum absolute atomic E-state index is 0.0838. The first-order valence-electron chi connectivity index (χ1n) is 8.73. The number of hydrogen-bond acceptors (Lipinski definition) is 3. The van der Waals surface area contributed by atoms with Crippen LogP contribution in [0.2, 0.25) is 0 Å². The van der Waals surface area contributed by atoms with Crippen LogP contribution in [0.5, 0.6) is 5.75 Å². The number of carboxylic acid groups (broad SMARTS) is 1. The lowest BCUT2D eigenvalue weighted by Gasteiger charge is -2.16. The van der Waals surface area contributed by atoms with E-state index in [9.17, 15) is 14.7 Å². The van der Waals surface area contributed by atoms with E-state index in [0.29, 0.717) is 12.2 Å². The largest absolute Gasteiger partial charge is 0.496 e. The number of carbonyl (C=O) groups excluding carboxylic acids is 1. The second-order valence-electron chi connectivity index (χ2n) is 6.15. The normalized spacial score (nSPS) is 11.6. The Balaban J connectivity index is 1.98. The molecule has 2 aromatic rings. The Labute approximate surface area is 154 Å². The Morgan fingerprint density at radius 3 is 2.27 bits per heavy atom. The average molecular weight is 355 g/mol. The Hall–Kier alpha value is -2.82. The lowest BCUT2D eigenvalue weighted by molar-refractivity contribution is -0.141. The molecule has 5 nitrogen and oxygen atoms in total. The molecule has 1 atom stereocenters. The topological polar surface area (TPSA) is 75.6 Å². The van der Waals surface area contributed by atoms with Crippen LogP contribution in [0.15, 0.2) is 48.5 Å². The number of nitrogens with one attached hydrogen (secondary N) is 1. The van der Waals surface area contributed by atoms with Crippen molar-refractivity contribution in [1.29, 1.82) is 0 Å². The van der Waals surface area contributed by atoms with Crippen molar-refractivity contribution in [2.45, 2.75) is 26.2 Å². The number of hydrogen-bond donors (Lipinski definition) is 2. The highest BCUT2D eigenvalue weighted by Gasteiger charge is 2.21. The maximum Gasteiger partial charge on any atom is 0.308 e. The number of para-hydroxylation sites is 1. The number of amides is 1. The molecule has 2 N–H and O–H groups in total. The molecule has 1 unspecified atom stereocenters. The average Bonchev–Trinajstić information content (AvgIpc) is 2.65. The van der Waals surface area contributed by atoms with Gasteiger partial charge in [-0.15, -0.1) is 0 Å². The molecule has 2 rings (SSSR count). The van der Waals surface area contributed by atoms with E-state index in [4.69, 9.17) is 4.74 Å². The predicted molar refractivity (Wildman–Crippen MR) is 100 cm³/mol. The third-order valence-electron chi connectivity index (χ3n) is 4.40. The van der Waals surface area contributed by atoms with Crippen LogP contribution in [0.3, 0.4) is 0 Å². The van der Waals surface area contributed by atoms with Gasteiger partial charge < -0.3 is 15.2 Å². The van der Waals surface area contributed by atoms with Crippen molar-refractivity contribution >= 4 is 11.9 Å². The Morgan fingerprint density at radius 2 is 1.65 bits per heavy atom. The number of aliphatic carboxylic acids is 1. The molecule has 0 saturated heterocycles. The van der Waals surface area contributed by atoms with Crippen molar-refractivity contribution in [1.82, 2.24) is 5.32 Å². The van der Waals surface area contributed by atoms with Crippen molar-refractivity contribution in [3.63, 3.8) is 0 Å². The number of benzene rings is 2. The van der Waals surface area contributed by atoms with Gasteiger partial charge in [0.2, 0.25) is 5.91 Å². The first kappa shape index (κ1) is 19.5. The Morgan fingerprint density at radius 1 is 1.04 bits per heavy atom. The first-order chi connectivity index (χ1) is 12.5. The van der Waals surface area contributed by atoms with E-state index >= 15 is 0 Å². The summed E-state index contributed by atoms with van der Waals surface area (Å²) < 4.78 is 5.28. The third kappa shape index (κ3) is 5.34. The highest BCUT2D eigenvalue weighted by Crippen LogP contribution is 2.21. The van der Waals surface area contributed by atoms with Gasteiger partial charge in [0.15, 0.2) is 0 Å². The SMILES string of the molecule is CCc1ccccc1CC(=O)NCC(Cc1ccccc1OC)C(=O)O. The maximum absolute atomic E-state index is 12.3. The molecule has 0 bridgehead atoms. The molecule has 0 aliphatic heterocycles. The van der Waals surface area contributed by atoms with Crippen molar-refractivity contribution in [2.75, 3.05) is 13.7 Å². The summed E-state index contributed by atoms with van der Waals surface area (Å²) in [6, 6.07) is 15.1. The molecule has 0 radical (unpaired) electrons. The van der Waals surface area contributed by atoms with Crippen LogP contribution >= 0.6 is 0 Å². The molecule has 0 aromatic heterocycles. The van der Waals surface area contributed by atoms with Crippen LogP contribution < -0.4 is 10.1 Å². The molecule has 0 fully saturated rings. The molecule has 138 valence electrons. The summed E-state index contributed by atoms with van der Waals surface area (Å²) in [7, 11) is 1.56. The summed E-state index contributed by atoms with van der Waals surface area (Å²) in [6.07, 6.45) is 1.41. The summed E-state index contributed by atoms with van der Waals surface area (Å²) in [5, 5.41) is 12.3. The van der Waals surface area contributed by atoms with Crippen LogP contribution in [0.1, 0.15) is 23.6 Å². The summed E-state index contributed by atoms with van der Waals surface area (Å²) >= 11 is 0. The molecular formula is C21H25NO4. The second kappa shape index (κ2) is 9.61. The number of rotatable bonds is 9. The molecule has 0 heterocycles. The van der Waals surface area contributed by atoms with Gasteiger partial charge in [-0.3, -0.25) is 9.59 Å². The Kier molecular flexibility index (Phi) is 7.21. The summed E-state index contributed by atoms with van der Waals surface area (Å²) in [5.74, 6) is -1.17. The van der Waals surface area contributed by atoms with Crippen LogP contribution in [0.25, 0.3) is 0 Å². The number of ether oxygens (including phenoxy) is 1. The highest BCUT2D eigenvalue weighted by molar-refractivity contribution is 5.80. The fraction of sp³-hybridized carbons (Fsp3) is 0.333. The molecule has 5 heteroatoms. The number of aryl methyl sites for hydroxylation is 1.